The van der Waals surface area contributed by atoms with E-state index in [1.807, 2.05) is 30.3 Å². The summed E-state index contributed by atoms with van der Waals surface area (Å²) in [5.41, 5.74) is 6.12. The lowest BCUT2D eigenvalue weighted by Gasteiger charge is -2.14. The number of rotatable bonds is 5. The Bertz CT molecular complexity index is 1470. The monoisotopic (exact) mass is 444 g/mol. The minimum atomic E-state index is 0.337. The van der Waals surface area contributed by atoms with Crippen LogP contribution in [-0.2, 0) is 0 Å². The molecule has 0 radical (unpaired) electrons. The molecule has 0 bridgehead atoms. The molecule has 1 unspecified atom stereocenters. The average Bonchev–Trinajstić information content (AvgIpc) is 2.86. The van der Waals surface area contributed by atoms with Crippen molar-refractivity contribution in [2.24, 2.45) is 0 Å². The summed E-state index contributed by atoms with van der Waals surface area (Å²) in [7, 11) is 0. The number of hydrogen-bond acceptors (Lipinski definition) is 0. The third-order valence-corrected chi connectivity index (χ3v) is 6.61. The van der Waals surface area contributed by atoms with Crippen LogP contribution in [0.15, 0.2) is 104 Å². The zero-order valence-corrected chi connectivity index (χ0v) is 19.4. The van der Waals surface area contributed by atoms with Gasteiger partial charge in [0.25, 0.3) is 0 Å². The van der Waals surface area contributed by atoms with E-state index in [0.29, 0.717) is 5.92 Å². The Balaban J connectivity index is 1.45. The highest BCUT2D eigenvalue weighted by Crippen LogP contribution is 2.30. The highest BCUT2D eigenvalue weighted by Gasteiger charge is 2.09. The molecule has 0 N–H and O–H groups in total. The van der Waals surface area contributed by atoms with Gasteiger partial charge in [-0.3, -0.25) is 0 Å². The minimum Gasteiger partial charge on any atom is -0.0985 e. The first-order chi connectivity index (χ1) is 16.1. The molecule has 1 heteroatoms. The average molecular weight is 445 g/mol. The molecule has 5 rings (SSSR count). The molecule has 0 nitrogen and oxygen atoms in total. The van der Waals surface area contributed by atoms with Crippen LogP contribution in [-0.4, -0.2) is 0 Å². The van der Waals surface area contributed by atoms with E-state index in [4.69, 9.17) is 11.6 Å². The first-order valence-electron chi connectivity index (χ1n) is 11.2. The fourth-order valence-electron chi connectivity index (χ4n) is 4.29. The fourth-order valence-corrected chi connectivity index (χ4v) is 4.41. The summed E-state index contributed by atoms with van der Waals surface area (Å²) in [4.78, 5) is 0. The minimum absolute atomic E-state index is 0.337. The molecule has 5 aromatic rings. The van der Waals surface area contributed by atoms with Gasteiger partial charge in [0.05, 0.1) is 0 Å². The first-order valence-corrected chi connectivity index (χ1v) is 11.6. The Hall–Kier alpha value is -3.61. The lowest BCUT2D eigenvalue weighted by molar-refractivity contribution is 0.924. The van der Waals surface area contributed by atoms with E-state index in [1.165, 1.54) is 38.2 Å². The van der Waals surface area contributed by atoms with Crippen LogP contribution in [0.5, 0.6) is 0 Å². The molecule has 0 saturated heterocycles. The molecule has 0 fully saturated rings. The van der Waals surface area contributed by atoms with Crippen molar-refractivity contribution in [1.82, 2.24) is 0 Å². The lowest BCUT2D eigenvalue weighted by Crippen LogP contribution is -1.96. The highest BCUT2D eigenvalue weighted by molar-refractivity contribution is 6.30. The zero-order valence-electron chi connectivity index (χ0n) is 18.6. The van der Waals surface area contributed by atoms with Crippen molar-refractivity contribution >= 4 is 51.4 Å². The summed E-state index contributed by atoms with van der Waals surface area (Å²) in [6.07, 6.45) is 6.15. The molecule has 0 aliphatic carbocycles. The Morgan fingerprint density at radius 1 is 0.576 bits per heavy atom. The molecule has 0 heterocycles. The van der Waals surface area contributed by atoms with Gasteiger partial charge < -0.3 is 0 Å². The lowest BCUT2D eigenvalue weighted by atomic mass is 9.90. The van der Waals surface area contributed by atoms with Gasteiger partial charge >= 0.3 is 0 Å². The second-order valence-electron chi connectivity index (χ2n) is 8.54. The van der Waals surface area contributed by atoms with E-state index >= 15 is 0 Å². The maximum atomic E-state index is 5.98. The van der Waals surface area contributed by atoms with Gasteiger partial charge in [0.15, 0.2) is 0 Å². The summed E-state index contributed by atoms with van der Waals surface area (Å²) >= 11 is 5.98. The Morgan fingerprint density at radius 3 is 1.82 bits per heavy atom. The highest BCUT2D eigenvalue weighted by atomic mass is 35.5. The number of fused-ring (bicyclic) bond motifs is 2. The van der Waals surface area contributed by atoms with Crippen LogP contribution >= 0.6 is 11.6 Å². The molecule has 160 valence electrons. The summed E-state index contributed by atoms with van der Waals surface area (Å²) < 4.78 is 0. The Labute approximate surface area is 200 Å². The topological polar surface area (TPSA) is 0 Å². The molecule has 0 aromatic heterocycles. The van der Waals surface area contributed by atoms with Gasteiger partial charge in [0, 0.05) is 10.9 Å². The van der Waals surface area contributed by atoms with Crippen LogP contribution in [0.4, 0.5) is 0 Å². The van der Waals surface area contributed by atoms with Gasteiger partial charge in [-0.05, 0) is 79.7 Å². The third-order valence-electron chi connectivity index (χ3n) is 6.35. The van der Waals surface area contributed by atoms with Crippen LogP contribution in [0.25, 0.3) is 39.8 Å². The van der Waals surface area contributed by atoms with Gasteiger partial charge in [-0.25, -0.2) is 0 Å². The second-order valence-corrected chi connectivity index (χ2v) is 8.98. The van der Waals surface area contributed by atoms with Crippen LogP contribution in [0.2, 0.25) is 5.02 Å². The third kappa shape index (κ3) is 4.62. The van der Waals surface area contributed by atoms with Crippen LogP contribution in [0, 0.1) is 0 Å². The number of halogens is 1. The van der Waals surface area contributed by atoms with Crippen molar-refractivity contribution in [2.75, 3.05) is 0 Å². The predicted octanol–water partition coefficient (Wildman–Crippen LogP) is 9.61. The molecule has 33 heavy (non-hydrogen) atoms. The molecule has 0 spiro atoms. The van der Waals surface area contributed by atoms with Gasteiger partial charge in [-0.2, -0.15) is 0 Å². The molecular weight excluding hydrogens is 420 g/mol. The smallest absolute Gasteiger partial charge is 0.0406 e. The molecule has 0 amide bonds. The molecular formula is C32H25Cl. The SMILES string of the molecule is C=Cc1ccc(C(C)c2ccc3cc4cc(/C=C/c5ccc(Cl)cc5)ccc4cc3c2)cc1. The largest absolute Gasteiger partial charge is 0.0985 e. The van der Waals surface area contributed by atoms with Crippen molar-refractivity contribution in [2.45, 2.75) is 12.8 Å². The van der Waals surface area contributed by atoms with E-state index in [9.17, 15) is 0 Å². The van der Waals surface area contributed by atoms with E-state index in [-0.39, 0.29) is 0 Å². The van der Waals surface area contributed by atoms with E-state index in [0.717, 1.165) is 16.1 Å². The van der Waals surface area contributed by atoms with Gasteiger partial charge in [-0.15, -0.1) is 0 Å². The number of benzene rings is 5. The summed E-state index contributed by atoms with van der Waals surface area (Å²) in [5, 5.41) is 5.80. The Morgan fingerprint density at radius 2 is 1.12 bits per heavy atom. The molecule has 0 aliphatic rings. The zero-order chi connectivity index (χ0) is 22.8. The quantitative estimate of drug-likeness (QED) is 0.187. The van der Waals surface area contributed by atoms with Crippen molar-refractivity contribution in [3.63, 3.8) is 0 Å². The van der Waals surface area contributed by atoms with Gasteiger partial charge in [0.2, 0.25) is 0 Å². The van der Waals surface area contributed by atoms with Crippen molar-refractivity contribution in [3.8, 4) is 0 Å². The van der Waals surface area contributed by atoms with Crippen molar-refractivity contribution < 1.29 is 0 Å². The second kappa shape index (κ2) is 9.10. The molecule has 5 aromatic carbocycles. The maximum Gasteiger partial charge on any atom is 0.0406 e. The number of hydrogen-bond donors (Lipinski definition) is 0. The summed E-state index contributed by atoms with van der Waals surface area (Å²) in [5.74, 6) is 0.337. The standard InChI is InChI=1S/C32H25Cl/c1-3-23-6-11-26(12-7-23)22(2)27-14-15-29-20-30-18-25(8-13-28(30)21-31(29)19-27)5-4-24-9-16-32(33)17-10-24/h3-22H,1H2,2H3/b5-4+. The summed E-state index contributed by atoms with van der Waals surface area (Å²) in [6.45, 7) is 6.12. The van der Waals surface area contributed by atoms with Gasteiger partial charge in [0.1, 0.15) is 0 Å². The van der Waals surface area contributed by atoms with Crippen molar-refractivity contribution in [3.05, 3.63) is 136 Å². The van der Waals surface area contributed by atoms with E-state index in [2.05, 4.69) is 98.5 Å². The normalized spacial score (nSPS) is 12.4. The predicted molar refractivity (Wildman–Crippen MR) is 146 cm³/mol. The van der Waals surface area contributed by atoms with E-state index < -0.39 is 0 Å². The van der Waals surface area contributed by atoms with Crippen LogP contribution < -0.4 is 0 Å². The van der Waals surface area contributed by atoms with Gasteiger partial charge in [-0.1, -0.05) is 110 Å². The molecule has 0 aliphatic heterocycles. The Kier molecular flexibility index (Phi) is 5.86. The van der Waals surface area contributed by atoms with Crippen LogP contribution in [0.3, 0.4) is 0 Å². The fraction of sp³-hybridized carbons (Fsp3) is 0.0625. The van der Waals surface area contributed by atoms with Crippen molar-refractivity contribution in [1.29, 1.82) is 0 Å². The van der Waals surface area contributed by atoms with Crippen LogP contribution in [0.1, 0.15) is 40.7 Å². The molecule has 0 saturated carbocycles. The molecule has 1 atom stereocenters. The summed E-state index contributed by atoms with van der Waals surface area (Å²) in [6, 6.07) is 34.6. The van der Waals surface area contributed by atoms with E-state index in [1.54, 1.807) is 0 Å². The first kappa shape index (κ1) is 21.2. The maximum absolute atomic E-state index is 5.98.